The molecule has 2 rings (SSSR count). The Morgan fingerprint density at radius 1 is 1.16 bits per heavy atom. The Morgan fingerprint density at radius 3 is 2.56 bits per heavy atom. The average molecular weight is 342 g/mol. The Balaban J connectivity index is 1.84. The van der Waals surface area contributed by atoms with Gasteiger partial charge in [-0.2, -0.15) is 0 Å². The number of likely N-dealkylation sites (N-methyl/N-ethyl adjacent to an activating group) is 1. The molecule has 0 saturated carbocycles. The summed E-state index contributed by atoms with van der Waals surface area (Å²) in [5, 5.41) is 12.1. The zero-order valence-corrected chi connectivity index (χ0v) is 15.0. The summed E-state index contributed by atoms with van der Waals surface area (Å²) >= 11 is 0. The van der Waals surface area contributed by atoms with E-state index < -0.39 is 6.10 Å². The van der Waals surface area contributed by atoms with Gasteiger partial charge in [0.1, 0.15) is 5.75 Å². The number of anilines is 1. The molecule has 2 N–H and O–H groups in total. The van der Waals surface area contributed by atoms with E-state index in [4.69, 9.17) is 9.84 Å². The first-order valence-electron chi connectivity index (χ1n) is 8.43. The maximum absolute atomic E-state index is 12.3. The van der Waals surface area contributed by atoms with E-state index in [0.29, 0.717) is 12.3 Å². The number of aliphatic hydroxyl groups excluding tert-OH is 1. The lowest BCUT2D eigenvalue weighted by Gasteiger charge is -2.27. The number of carbonyl (C=O) groups is 1. The molecule has 0 radical (unpaired) electrons. The van der Waals surface area contributed by atoms with Crippen molar-refractivity contribution >= 4 is 11.6 Å². The molecule has 5 heteroatoms. The zero-order chi connectivity index (χ0) is 18.2. The van der Waals surface area contributed by atoms with Crippen molar-refractivity contribution in [3.63, 3.8) is 0 Å². The topological polar surface area (TPSA) is 61.8 Å². The van der Waals surface area contributed by atoms with Crippen molar-refractivity contribution in [2.45, 2.75) is 32.6 Å². The number of nitrogens with one attached hydrogen (secondary N) is 1. The second kappa shape index (κ2) is 9.08. The summed E-state index contributed by atoms with van der Waals surface area (Å²) in [4.78, 5) is 14.4. The molecule has 0 aromatic heterocycles. The van der Waals surface area contributed by atoms with Crippen molar-refractivity contribution in [2.24, 2.45) is 0 Å². The minimum atomic E-state index is -0.608. The lowest BCUT2D eigenvalue weighted by Crippen LogP contribution is -2.44. The van der Waals surface area contributed by atoms with Crippen LogP contribution in [0.2, 0.25) is 0 Å². The Kier molecular flexibility index (Phi) is 6.83. The monoisotopic (exact) mass is 342 g/mol. The molecule has 1 amide bonds. The van der Waals surface area contributed by atoms with E-state index in [-0.39, 0.29) is 18.6 Å². The molecule has 134 valence electrons. The average Bonchev–Trinajstić information content (AvgIpc) is 2.65. The van der Waals surface area contributed by atoms with E-state index in [1.54, 1.807) is 31.2 Å². The second-order valence-electron chi connectivity index (χ2n) is 6.11. The molecule has 0 spiro atoms. The van der Waals surface area contributed by atoms with Crippen molar-refractivity contribution in [1.29, 1.82) is 0 Å². The summed E-state index contributed by atoms with van der Waals surface area (Å²) in [5.74, 6) is 0.409. The minimum Gasteiger partial charge on any atom is -0.481 e. The van der Waals surface area contributed by atoms with Gasteiger partial charge in [0.05, 0.1) is 6.61 Å². The Hall–Kier alpha value is -2.53. The molecule has 0 aliphatic rings. The van der Waals surface area contributed by atoms with E-state index in [2.05, 4.69) is 17.1 Å². The highest BCUT2D eigenvalue weighted by Crippen LogP contribution is 2.16. The summed E-state index contributed by atoms with van der Waals surface area (Å²) in [7, 11) is 2.01. The van der Waals surface area contributed by atoms with Gasteiger partial charge in [0.2, 0.25) is 0 Å². The van der Waals surface area contributed by atoms with E-state index >= 15 is 0 Å². The zero-order valence-electron chi connectivity index (χ0n) is 15.0. The van der Waals surface area contributed by atoms with E-state index in [1.165, 1.54) is 0 Å². The van der Waals surface area contributed by atoms with Crippen LogP contribution in [0.4, 0.5) is 5.69 Å². The van der Waals surface area contributed by atoms with Crippen LogP contribution in [-0.2, 0) is 11.4 Å². The number of nitrogens with zero attached hydrogens (tertiary/aromatic N) is 1. The summed E-state index contributed by atoms with van der Waals surface area (Å²) in [5.41, 5.74) is 1.86. The molecule has 0 saturated heterocycles. The van der Waals surface area contributed by atoms with Crippen LogP contribution in [0.25, 0.3) is 0 Å². The number of aliphatic hydroxyl groups is 1. The van der Waals surface area contributed by atoms with Crippen molar-refractivity contribution in [3.05, 3.63) is 60.2 Å². The lowest BCUT2D eigenvalue weighted by molar-refractivity contribution is -0.127. The van der Waals surface area contributed by atoms with Gasteiger partial charge in [0.15, 0.2) is 6.10 Å². The maximum Gasteiger partial charge on any atom is 0.260 e. The number of amides is 1. The molecule has 0 aliphatic carbocycles. The molecule has 0 bridgehead atoms. The molecule has 2 atom stereocenters. The fourth-order valence-corrected chi connectivity index (χ4v) is 2.42. The third kappa shape index (κ3) is 5.50. The fraction of sp³-hybridized carbons (Fsp3) is 0.350. The molecule has 0 heterocycles. The SMILES string of the molecule is CC(Oc1cccc(CO)c1)C(=O)NCC(C)N(C)c1ccccc1. The number of benzene rings is 2. The van der Waals surface area contributed by atoms with Gasteiger partial charge < -0.3 is 20.1 Å². The fourth-order valence-electron chi connectivity index (χ4n) is 2.42. The summed E-state index contributed by atoms with van der Waals surface area (Å²) in [6, 6.07) is 17.3. The third-order valence-electron chi connectivity index (χ3n) is 4.16. The van der Waals surface area contributed by atoms with Gasteiger partial charge in [-0.25, -0.2) is 0 Å². The molecule has 0 aliphatic heterocycles. The van der Waals surface area contributed by atoms with Gasteiger partial charge in [0.25, 0.3) is 5.91 Å². The Labute approximate surface area is 149 Å². The van der Waals surface area contributed by atoms with E-state index in [0.717, 1.165) is 11.3 Å². The summed E-state index contributed by atoms with van der Waals surface area (Å²) < 4.78 is 5.66. The van der Waals surface area contributed by atoms with Crippen LogP contribution in [0.3, 0.4) is 0 Å². The summed E-state index contributed by atoms with van der Waals surface area (Å²) in [6.45, 7) is 4.24. The second-order valence-corrected chi connectivity index (χ2v) is 6.11. The van der Waals surface area contributed by atoms with Gasteiger partial charge in [0, 0.05) is 25.3 Å². The highest BCUT2D eigenvalue weighted by molar-refractivity contribution is 5.80. The van der Waals surface area contributed by atoms with Gasteiger partial charge in [-0.3, -0.25) is 4.79 Å². The predicted octanol–water partition coefficient (Wildman–Crippen LogP) is 2.59. The number of para-hydroxylation sites is 1. The molecule has 2 aromatic rings. The molecular weight excluding hydrogens is 316 g/mol. The van der Waals surface area contributed by atoms with E-state index in [9.17, 15) is 4.79 Å². The predicted molar refractivity (Wildman–Crippen MR) is 99.8 cm³/mol. The lowest BCUT2D eigenvalue weighted by atomic mass is 10.2. The van der Waals surface area contributed by atoms with Crippen LogP contribution in [0.5, 0.6) is 5.75 Å². The molecule has 2 unspecified atom stereocenters. The van der Waals surface area contributed by atoms with Crippen LogP contribution < -0.4 is 15.0 Å². The highest BCUT2D eigenvalue weighted by atomic mass is 16.5. The molecule has 2 aromatic carbocycles. The number of hydrogen-bond donors (Lipinski definition) is 2. The van der Waals surface area contributed by atoms with E-state index in [1.807, 2.05) is 37.4 Å². The summed E-state index contributed by atoms with van der Waals surface area (Å²) in [6.07, 6.45) is -0.608. The Bertz CT molecular complexity index is 676. The van der Waals surface area contributed by atoms with Crippen molar-refractivity contribution in [2.75, 3.05) is 18.5 Å². The Morgan fingerprint density at radius 2 is 1.88 bits per heavy atom. The van der Waals surface area contributed by atoms with Crippen LogP contribution in [0, 0.1) is 0 Å². The van der Waals surface area contributed by atoms with Gasteiger partial charge in [-0.1, -0.05) is 30.3 Å². The number of carbonyl (C=O) groups excluding carboxylic acids is 1. The first kappa shape index (κ1) is 18.8. The molecule has 5 nitrogen and oxygen atoms in total. The number of rotatable bonds is 8. The van der Waals surface area contributed by atoms with Crippen LogP contribution >= 0.6 is 0 Å². The third-order valence-corrected chi connectivity index (χ3v) is 4.16. The van der Waals surface area contributed by atoms with Gasteiger partial charge >= 0.3 is 0 Å². The van der Waals surface area contributed by atoms with Gasteiger partial charge in [-0.05, 0) is 43.7 Å². The van der Waals surface area contributed by atoms with Crippen LogP contribution in [0.15, 0.2) is 54.6 Å². The molecule has 0 fully saturated rings. The normalized spacial score (nSPS) is 13.0. The standard InChI is InChI=1S/C20H26N2O3/c1-15(22(3)18-9-5-4-6-10-18)13-21-20(24)16(2)25-19-11-7-8-17(12-19)14-23/h4-12,15-16,23H,13-14H2,1-3H3,(H,21,24). The highest BCUT2D eigenvalue weighted by Gasteiger charge is 2.17. The van der Waals surface area contributed by atoms with Crippen molar-refractivity contribution in [1.82, 2.24) is 5.32 Å². The molecular formula is C20H26N2O3. The maximum atomic E-state index is 12.3. The minimum absolute atomic E-state index is 0.0545. The largest absolute Gasteiger partial charge is 0.481 e. The number of ether oxygens (including phenoxy) is 1. The van der Waals surface area contributed by atoms with Crippen LogP contribution in [-0.4, -0.2) is 36.8 Å². The van der Waals surface area contributed by atoms with Gasteiger partial charge in [-0.15, -0.1) is 0 Å². The smallest absolute Gasteiger partial charge is 0.260 e. The first-order valence-corrected chi connectivity index (χ1v) is 8.43. The molecule has 25 heavy (non-hydrogen) atoms. The first-order chi connectivity index (χ1) is 12.0. The van der Waals surface area contributed by atoms with Crippen molar-refractivity contribution < 1.29 is 14.6 Å². The van der Waals surface area contributed by atoms with Crippen LogP contribution in [0.1, 0.15) is 19.4 Å². The quantitative estimate of drug-likeness (QED) is 0.774. The van der Waals surface area contributed by atoms with Crippen molar-refractivity contribution in [3.8, 4) is 5.75 Å². The number of hydrogen-bond acceptors (Lipinski definition) is 4.